The molecule has 3 rings (SSSR count). The van der Waals surface area contributed by atoms with E-state index in [1.807, 2.05) is 6.08 Å². The Balaban J connectivity index is 1.43. The fourth-order valence-corrected chi connectivity index (χ4v) is 12.7. The molecule has 12 N–H and O–H groups in total. The van der Waals surface area contributed by atoms with Crippen LogP contribution in [0.4, 0.5) is 0 Å². The molecule has 1 amide bonds. The van der Waals surface area contributed by atoms with Crippen LogP contribution < -0.4 is 5.32 Å². The number of unbranched alkanes of at least 4 members (excludes halogenated alkanes) is 40. The van der Waals surface area contributed by atoms with E-state index in [0.29, 0.717) is 12.8 Å². The smallest absolute Gasteiger partial charge is 0.220 e. The summed E-state index contributed by atoms with van der Waals surface area (Å²) in [4.78, 5) is 13.4. The van der Waals surface area contributed by atoms with Crippen molar-refractivity contribution in [1.29, 1.82) is 0 Å². The first kappa shape index (κ1) is 83.5. The molecule has 0 spiro atoms. The fourth-order valence-electron chi connectivity index (χ4n) is 12.7. The Morgan fingerprint density at radius 2 is 0.703 bits per heavy atom. The zero-order valence-corrected chi connectivity index (χ0v) is 56.8. The number of hydrogen-bond donors (Lipinski definition) is 12. The minimum atomic E-state index is -1.98. The van der Waals surface area contributed by atoms with E-state index in [0.717, 1.165) is 38.5 Å². The molecular weight excluding hydrogens is 1170 g/mol. The van der Waals surface area contributed by atoms with Gasteiger partial charge in [0, 0.05) is 6.42 Å². The van der Waals surface area contributed by atoms with E-state index < -0.39 is 124 Å². The highest BCUT2D eigenvalue weighted by Crippen LogP contribution is 2.33. The molecule has 0 aromatic heterocycles. The lowest BCUT2D eigenvalue weighted by molar-refractivity contribution is -0.379. The molecule has 3 aliphatic heterocycles. The second-order valence-electron chi connectivity index (χ2n) is 26.8. The van der Waals surface area contributed by atoms with Gasteiger partial charge in [0.1, 0.15) is 73.2 Å². The van der Waals surface area contributed by atoms with Crippen LogP contribution in [0.2, 0.25) is 0 Å². The van der Waals surface area contributed by atoms with E-state index in [9.17, 15) is 61.0 Å². The van der Waals surface area contributed by atoms with Crippen molar-refractivity contribution < 1.29 is 89.4 Å². The molecule has 91 heavy (non-hydrogen) atoms. The van der Waals surface area contributed by atoms with Gasteiger partial charge in [0.15, 0.2) is 18.9 Å². The third-order valence-corrected chi connectivity index (χ3v) is 18.8. The van der Waals surface area contributed by atoms with Crippen LogP contribution in [0.1, 0.15) is 296 Å². The van der Waals surface area contributed by atoms with E-state index in [1.54, 1.807) is 6.08 Å². The molecular formula is C72H135NO18. The average molecular weight is 1300 g/mol. The Hall–Kier alpha value is -1.73. The van der Waals surface area contributed by atoms with Crippen molar-refractivity contribution >= 4 is 5.91 Å². The second-order valence-corrected chi connectivity index (χ2v) is 26.8. The van der Waals surface area contributed by atoms with E-state index in [1.165, 1.54) is 225 Å². The Labute approximate surface area is 549 Å². The molecule has 0 bridgehead atoms. The molecule has 0 aromatic carbocycles. The second kappa shape index (κ2) is 54.3. The van der Waals surface area contributed by atoms with Gasteiger partial charge in [-0.05, 0) is 32.1 Å². The summed E-state index contributed by atoms with van der Waals surface area (Å²) in [7, 11) is 0. The van der Waals surface area contributed by atoms with Gasteiger partial charge in [0.2, 0.25) is 5.91 Å². The molecule has 3 fully saturated rings. The highest BCUT2D eigenvalue weighted by atomic mass is 16.8. The van der Waals surface area contributed by atoms with Crippen LogP contribution in [-0.4, -0.2) is 193 Å². The van der Waals surface area contributed by atoms with Crippen LogP contribution in [0.25, 0.3) is 0 Å². The maximum Gasteiger partial charge on any atom is 0.220 e. The van der Waals surface area contributed by atoms with Crippen LogP contribution in [-0.2, 0) is 33.2 Å². The quantitative estimate of drug-likeness (QED) is 0.0199. The van der Waals surface area contributed by atoms with Gasteiger partial charge in [0.25, 0.3) is 0 Å². The number of carbonyl (C=O) groups excluding carboxylic acids is 1. The van der Waals surface area contributed by atoms with E-state index in [-0.39, 0.29) is 18.9 Å². The maximum atomic E-state index is 13.4. The molecule has 0 aromatic rings. The summed E-state index contributed by atoms with van der Waals surface area (Å²) >= 11 is 0. The molecule has 19 heteroatoms. The standard InChI is InChI=1S/C72H135NO18/c1-3-5-7-9-11-13-15-17-19-21-23-25-27-28-30-32-34-36-38-40-42-44-46-48-50-60(78)73-55(56(77)49-47-45-43-41-39-37-35-33-31-29-26-24-22-20-18-16-14-12-10-8-6-4-2)54-86-70-66(84)63(81)68(58(52-75)88-70)91-72-67(85)64(82)69(59(53-76)89-72)90-71-65(83)62(80)61(79)57(51-74)87-71/h39,41,47,49,55-59,61-72,74-77,79-85H,3-38,40,42-46,48,50-54H2,1-2H3,(H,73,78)/b41-39+,49-47+. The Morgan fingerprint density at radius 3 is 1.10 bits per heavy atom. The van der Waals surface area contributed by atoms with Gasteiger partial charge in [0.05, 0.1) is 38.6 Å². The number of rotatable bonds is 58. The molecule has 19 nitrogen and oxygen atoms in total. The highest BCUT2D eigenvalue weighted by Gasteiger charge is 2.53. The maximum absolute atomic E-state index is 13.4. The van der Waals surface area contributed by atoms with Gasteiger partial charge in [-0.1, -0.05) is 282 Å². The number of amides is 1. The topological polar surface area (TPSA) is 307 Å². The number of aliphatic hydroxyl groups is 11. The molecule has 0 saturated carbocycles. The predicted molar refractivity (Wildman–Crippen MR) is 356 cm³/mol. The predicted octanol–water partition coefficient (Wildman–Crippen LogP) is 10.6. The Morgan fingerprint density at radius 1 is 0.385 bits per heavy atom. The van der Waals surface area contributed by atoms with Gasteiger partial charge >= 0.3 is 0 Å². The lowest BCUT2D eigenvalue weighted by atomic mass is 9.96. The SMILES string of the molecule is CCCCCCCCCCCCCCCCCC/C=C/CC/C=C/C(O)C(COC1OC(CO)C(OC2OC(CO)C(OC3OC(CO)C(O)C(O)C3O)C(O)C2O)C(O)C1O)NC(=O)CCCCCCCCCCCCCCCCCCCCCCCCCC. The van der Waals surface area contributed by atoms with Crippen molar-refractivity contribution in [2.75, 3.05) is 26.4 Å². The number of allylic oxidation sites excluding steroid dienone is 3. The van der Waals surface area contributed by atoms with Crippen LogP contribution in [0.3, 0.4) is 0 Å². The largest absolute Gasteiger partial charge is 0.394 e. The Kier molecular flexibility index (Phi) is 49.8. The van der Waals surface area contributed by atoms with E-state index in [4.69, 9.17) is 28.4 Å². The number of ether oxygens (including phenoxy) is 6. The monoisotopic (exact) mass is 1300 g/mol. The lowest BCUT2D eigenvalue weighted by Crippen LogP contribution is -2.66. The van der Waals surface area contributed by atoms with Gasteiger partial charge in [-0.3, -0.25) is 4.79 Å². The molecule has 17 unspecified atom stereocenters. The molecule has 3 saturated heterocycles. The zero-order valence-electron chi connectivity index (χ0n) is 56.8. The molecule has 3 heterocycles. The molecule has 0 aliphatic carbocycles. The van der Waals surface area contributed by atoms with Crippen LogP contribution in [0, 0.1) is 0 Å². The summed E-state index contributed by atoms with van der Waals surface area (Å²) in [5.41, 5.74) is 0. The van der Waals surface area contributed by atoms with E-state index >= 15 is 0 Å². The zero-order chi connectivity index (χ0) is 66.1. The van der Waals surface area contributed by atoms with Crippen molar-refractivity contribution in [3.63, 3.8) is 0 Å². The minimum Gasteiger partial charge on any atom is -0.394 e. The van der Waals surface area contributed by atoms with Crippen molar-refractivity contribution in [2.45, 2.75) is 401 Å². The summed E-state index contributed by atoms with van der Waals surface area (Å²) in [5.74, 6) is -0.279. The van der Waals surface area contributed by atoms with Crippen LogP contribution >= 0.6 is 0 Å². The number of aliphatic hydroxyl groups excluding tert-OH is 11. The molecule has 3 aliphatic rings. The van der Waals surface area contributed by atoms with Gasteiger partial charge in [-0.15, -0.1) is 0 Å². The Bertz CT molecular complexity index is 1750. The number of carbonyl (C=O) groups is 1. The van der Waals surface area contributed by atoms with Crippen molar-refractivity contribution in [3.05, 3.63) is 24.3 Å². The van der Waals surface area contributed by atoms with Gasteiger partial charge in [-0.25, -0.2) is 0 Å². The van der Waals surface area contributed by atoms with E-state index in [2.05, 4.69) is 31.3 Å². The van der Waals surface area contributed by atoms with Gasteiger partial charge in [-0.2, -0.15) is 0 Å². The van der Waals surface area contributed by atoms with Crippen LogP contribution in [0.15, 0.2) is 24.3 Å². The highest BCUT2D eigenvalue weighted by molar-refractivity contribution is 5.76. The third-order valence-electron chi connectivity index (χ3n) is 18.8. The molecule has 536 valence electrons. The summed E-state index contributed by atoms with van der Waals surface area (Å²) in [6, 6.07) is -0.987. The van der Waals surface area contributed by atoms with Crippen molar-refractivity contribution in [3.8, 4) is 0 Å². The fraction of sp³-hybridized carbons (Fsp3) is 0.931. The first-order chi connectivity index (χ1) is 44.3. The number of nitrogens with one attached hydrogen (secondary N) is 1. The normalized spacial score (nSPS) is 27.9. The van der Waals surface area contributed by atoms with Gasteiger partial charge < -0.3 is 89.9 Å². The molecule has 0 radical (unpaired) electrons. The van der Waals surface area contributed by atoms with Crippen molar-refractivity contribution in [2.24, 2.45) is 0 Å². The molecule has 17 atom stereocenters. The average Bonchev–Trinajstić information content (AvgIpc) is 0.884. The van der Waals surface area contributed by atoms with Crippen molar-refractivity contribution in [1.82, 2.24) is 5.32 Å². The third kappa shape index (κ3) is 35.9. The summed E-state index contributed by atoms with van der Waals surface area (Å²) in [5, 5.41) is 121. The number of hydrogen-bond acceptors (Lipinski definition) is 18. The van der Waals surface area contributed by atoms with Crippen LogP contribution in [0.5, 0.6) is 0 Å². The first-order valence-corrected chi connectivity index (χ1v) is 37.1. The summed E-state index contributed by atoms with van der Waals surface area (Å²) in [6.07, 6.45) is 35.9. The first-order valence-electron chi connectivity index (χ1n) is 37.1. The summed E-state index contributed by atoms with van der Waals surface area (Å²) < 4.78 is 34.4. The lowest BCUT2D eigenvalue weighted by Gasteiger charge is -2.48. The summed E-state index contributed by atoms with van der Waals surface area (Å²) in [6.45, 7) is 1.76. The minimum absolute atomic E-state index is 0.241.